The summed E-state index contributed by atoms with van der Waals surface area (Å²) in [6, 6.07) is 8.04. The highest BCUT2D eigenvalue weighted by Crippen LogP contribution is 2.36. The van der Waals surface area contributed by atoms with Crippen LogP contribution in [-0.4, -0.2) is 67.2 Å². The Bertz CT molecular complexity index is 1070. The van der Waals surface area contributed by atoms with E-state index >= 15 is 0 Å². The first-order chi connectivity index (χ1) is 15.1. The summed E-state index contributed by atoms with van der Waals surface area (Å²) in [6.45, 7) is 10.9. The third-order valence-electron chi connectivity index (χ3n) is 5.96. The van der Waals surface area contributed by atoms with Gasteiger partial charge in [0.15, 0.2) is 0 Å². The van der Waals surface area contributed by atoms with Gasteiger partial charge in [0.2, 0.25) is 0 Å². The van der Waals surface area contributed by atoms with Gasteiger partial charge in [-0.2, -0.15) is 0 Å². The molecule has 7 nitrogen and oxygen atoms in total. The fourth-order valence-corrected chi connectivity index (χ4v) is 5.32. The second-order valence-electron chi connectivity index (χ2n) is 7.56. The maximum Gasteiger partial charge on any atom is 0.264 e. The average Bonchev–Trinajstić information content (AvgIpc) is 3.16. The summed E-state index contributed by atoms with van der Waals surface area (Å²) in [7, 11) is 1.69. The topological polar surface area (TPSA) is 61.8 Å². The number of methoxy groups -OCH3 is 1. The molecule has 3 aromatic rings. The highest BCUT2D eigenvalue weighted by molar-refractivity contribution is 7.20. The van der Waals surface area contributed by atoms with Gasteiger partial charge in [-0.25, -0.2) is 9.97 Å². The minimum atomic E-state index is 0.0886. The van der Waals surface area contributed by atoms with Crippen LogP contribution in [0, 0.1) is 6.92 Å². The molecule has 1 amide bonds. The van der Waals surface area contributed by atoms with Crippen LogP contribution in [0.2, 0.25) is 0 Å². The van der Waals surface area contributed by atoms with E-state index in [0.29, 0.717) is 13.1 Å². The minimum absolute atomic E-state index is 0.0886. The quantitative estimate of drug-likeness (QED) is 0.582. The van der Waals surface area contributed by atoms with E-state index in [4.69, 9.17) is 4.74 Å². The zero-order valence-corrected chi connectivity index (χ0v) is 19.4. The normalized spacial score (nSPS) is 14.2. The fraction of sp³-hybridized carbons (Fsp3) is 0.435. The Morgan fingerprint density at radius 3 is 2.52 bits per heavy atom. The molecule has 1 aromatic carbocycles. The van der Waals surface area contributed by atoms with Crippen molar-refractivity contribution in [3.05, 3.63) is 41.0 Å². The van der Waals surface area contributed by atoms with Crippen molar-refractivity contribution in [1.29, 1.82) is 0 Å². The van der Waals surface area contributed by atoms with Crippen molar-refractivity contribution in [3.63, 3.8) is 0 Å². The number of amides is 1. The first-order valence-electron chi connectivity index (χ1n) is 10.7. The lowest BCUT2D eigenvalue weighted by Crippen LogP contribution is -2.48. The Morgan fingerprint density at radius 2 is 1.84 bits per heavy atom. The summed E-state index contributed by atoms with van der Waals surface area (Å²) in [5.41, 5.74) is 2.06. The van der Waals surface area contributed by atoms with Crippen molar-refractivity contribution < 1.29 is 9.53 Å². The number of aryl methyl sites for hydroxylation is 1. The molecule has 4 rings (SSSR count). The van der Waals surface area contributed by atoms with Crippen molar-refractivity contribution in [2.45, 2.75) is 20.8 Å². The van der Waals surface area contributed by atoms with Gasteiger partial charge in [0.05, 0.1) is 23.1 Å². The molecule has 164 valence electrons. The molecule has 0 unspecified atom stereocenters. The van der Waals surface area contributed by atoms with Crippen LogP contribution in [0.4, 0.5) is 11.5 Å². The number of benzene rings is 1. The Labute approximate surface area is 187 Å². The number of ether oxygens (including phenoxy) is 1. The molecular formula is C23H29N5O2S. The van der Waals surface area contributed by atoms with E-state index in [0.717, 1.165) is 64.1 Å². The van der Waals surface area contributed by atoms with E-state index in [2.05, 4.69) is 39.7 Å². The van der Waals surface area contributed by atoms with Gasteiger partial charge < -0.3 is 19.4 Å². The number of para-hydroxylation sites is 2. The molecule has 1 aliphatic rings. The molecular weight excluding hydrogens is 410 g/mol. The zero-order chi connectivity index (χ0) is 22.0. The number of carbonyl (C=O) groups excluding carboxylic acids is 1. The van der Waals surface area contributed by atoms with Crippen LogP contribution in [-0.2, 0) is 0 Å². The number of hydrogen-bond donors (Lipinski definition) is 0. The number of nitrogens with zero attached hydrogens (tertiary/aromatic N) is 5. The van der Waals surface area contributed by atoms with E-state index in [1.807, 2.05) is 30.0 Å². The van der Waals surface area contributed by atoms with Crippen molar-refractivity contribution in [2.75, 3.05) is 56.2 Å². The zero-order valence-electron chi connectivity index (χ0n) is 18.6. The summed E-state index contributed by atoms with van der Waals surface area (Å²) in [5, 5.41) is 1.01. The molecule has 0 N–H and O–H groups in total. The number of aromatic nitrogens is 2. The first kappa shape index (κ1) is 21.4. The number of rotatable bonds is 6. The maximum atomic E-state index is 13.4. The summed E-state index contributed by atoms with van der Waals surface area (Å²) < 4.78 is 5.50. The van der Waals surface area contributed by atoms with Gasteiger partial charge in [0, 0.05) is 39.3 Å². The molecule has 31 heavy (non-hydrogen) atoms. The molecule has 2 aromatic heterocycles. The van der Waals surface area contributed by atoms with Crippen LogP contribution in [0.1, 0.15) is 29.1 Å². The van der Waals surface area contributed by atoms with Crippen molar-refractivity contribution in [2.24, 2.45) is 0 Å². The van der Waals surface area contributed by atoms with Gasteiger partial charge in [-0.15, -0.1) is 11.3 Å². The monoisotopic (exact) mass is 439 g/mol. The number of hydrogen-bond acceptors (Lipinski definition) is 7. The van der Waals surface area contributed by atoms with Gasteiger partial charge in [-0.1, -0.05) is 12.1 Å². The summed E-state index contributed by atoms with van der Waals surface area (Å²) in [5.74, 6) is 1.87. The van der Waals surface area contributed by atoms with Crippen LogP contribution in [0.5, 0.6) is 5.75 Å². The largest absolute Gasteiger partial charge is 0.495 e. The highest BCUT2D eigenvalue weighted by Gasteiger charge is 2.28. The third kappa shape index (κ3) is 3.92. The third-order valence-corrected chi connectivity index (χ3v) is 7.14. The number of carbonyl (C=O) groups is 1. The molecule has 1 fully saturated rings. The van der Waals surface area contributed by atoms with Gasteiger partial charge in [-0.05, 0) is 38.5 Å². The molecule has 0 saturated carbocycles. The first-order valence-corrected chi connectivity index (χ1v) is 11.6. The smallest absolute Gasteiger partial charge is 0.264 e. The van der Waals surface area contributed by atoms with E-state index in [1.165, 1.54) is 11.3 Å². The van der Waals surface area contributed by atoms with Crippen LogP contribution in [0.3, 0.4) is 0 Å². The Balaban J connectivity index is 1.56. The van der Waals surface area contributed by atoms with Gasteiger partial charge in [0.25, 0.3) is 5.91 Å². The Morgan fingerprint density at radius 1 is 1.13 bits per heavy atom. The molecule has 0 radical (unpaired) electrons. The molecule has 0 aliphatic carbocycles. The maximum absolute atomic E-state index is 13.4. The lowest BCUT2D eigenvalue weighted by Gasteiger charge is -2.36. The number of anilines is 2. The minimum Gasteiger partial charge on any atom is -0.495 e. The van der Waals surface area contributed by atoms with Crippen LogP contribution in [0.25, 0.3) is 10.2 Å². The van der Waals surface area contributed by atoms with Crippen molar-refractivity contribution in [1.82, 2.24) is 14.9 Å². The van der Waals surface area contributed by atoms with E-state index < -0.39 is 0 Å². The van der Waals surface area contributed by atoms with E-state index in [-0.39, 0.29) is 5.91 Å². The molecule has 1 aliphatic heterocycles. The second kappa shape index (κ2) is 9.09. The van der Waals surface area contributed by atoms with Gasteiger partial charge in [0.1, 0.15) is 22.7 Å². The highest BCUT2D eigenvalue weighted by atomic mass is 32.1. The summed E-state index contributed by atoms with van der Waals surface area (Å²) in [6.07, 6.45) is 1.60. The average molecular weight is 440 g/mol. The van der Waals surface area contributed by atoms with Crippen LogP contribution < -0.4 is 14.5 Å². The Kier molecular flexibility index (Phi) is 6.27. The molecule has 8 heteroatoms. The molecule has 0 atom stereocenters. The molecule has 3 heterocycles. The second-order valence-corrected chi connectivity index (χ2v) is 8.56. The van der Waals surface area contributed by atoms with Gasteiger partial charge >= 0.3 is 0 Å². The molecule has 0 spiro atoms. The van der Waals surface area contributed by atoms with Crippen molar-refractivity contribution in [3.8, 4) is 5.75 Å². The number of piperazine rings is 1. The van der Waals surface area contributed by atoms with Crippen LogP contribution in [0.15, 0.2) is 30.6 Å². The molecule has 1 saturated heterocycles. The van der Waals surface area contributed by atoms with Gasteiger partial charge in [-0.3, -0.25) is 4.79 Å². The lowest BCUT2D eigenvalue weighted by molar-refractivity contribution is 0.0751. The van der Waals surface area contributed by atoms with Crippen molar-refractivity contribution >= 4 is 39.0 Å². The standard InChI is InChI=1S/C23H29N5O2S/c1-5-26(6-2)21-19-16(3)20(31-22(19)25-15-24-21)23(29)28-13-11-27(12-14-28)17-9-7-8-10-18(17)30-4/h7-10,15H,5-6,11-14H2,1-4H3. The summed E-state index contributed by atoms with van der Waals surface area (Å²) in [4.78, 5) is 30.5. The fourth-order valence-electron chi connectivity index (χ4n) is 4.21. The van der Waals surface area contributed by atoms with E-state index in [1.54, 1.807) is 13.4 Å². The SMILES string of the molecule is CCN(CC)c1ncnc2sc(C(=O)N3CCN(c4ccccc4OC)CC3)c(C)c12. The Hall–Kier alpha value is -2.87. The van der Waals surface area contributed by atoms with Crippen LogP contribution >= 0.6 is 11.3 Å². The number of fused-ring (bicyclic) bond motifs is 1. The molecule has 0 bridgehead atoms. The summed E-state index contributed by atoms with van der Waals surface area (Å²) >= 11 is 1.48. The predicted octanol–water partition coefficient (Wildman–Crippen LogP) is 3.82. The van der Waals surface area contributed by atoms with E-state index in [9.17, 15) is 4.79 Å². The predicted molar refractivity (Wildman–Crippen MR) is 127 cm³/mol. The lowest BCUT2D eigenvalue weighted by atomic mass is 10.1. The number of thiophene rings is 1.